The lowest BCUT2D eigenvalue weighted by molar-refractivity contribution is 0.396. The first-order chi connectivity index (χ1) is 10.9. The van der Waals surface area contributed by atoms with Crippen LogP contribution in [0.25, 0.3) is 0 Å². The molecule has 4 nitrogen and oxygen atoms in total. The lowest BCUT2D eigenvalue weighted by Gasteiger charge is -2.42. The van der Waals surface area contributed by atoms with Crippen LogP contribution in [0.4, 0.5) is 11.4 Å². The topological polar surface area (TPSA) is 52.2 Å². The number of hydrogen-bond acceptors (Lipinski definition) is 3. The SMILES string of the molecule is c1ccc2c(c1)N=C(NCc1cc[nH]c1)C1(CCCCC1)N2. The number of fused-ring (bicyclic) bond motifs is 1. The maximum Gasteiger partial charge on any atom is 0.128 e. The third kappa shape index (κ3) is 2.39. The molecule has 0 bridgehead atoms. The van der Waals surface area contributed by atoms with Gasteiger partial charge in [0.1, 0.15) is 5.84 Å². The summed E-state index contributed by atoms with van der Waals surface area (Å²) in [6.45, 7) is 0.813. The Balaban J connectivity index is 1.65. The number of nitrogens with one attached hydrogen (secondary N) is 3. The number of amidine groups is 1. The molecule has 4 heteroatoms. The van der Waals surface area contributed by atoms with Crippen LogP contribution in [-0.2, 0) is 6.54 Å². The highest BCUT2D eigenvalue weighted by atomic mass is 15.2. The quantitative estimate of drug-likeness (QED) is 0.785. The summed E-state index contributed by atoms with van der Waals surface area (Å²) in [6, 6.07) is 10.4. The van der Waals surface area contributed by atoms with E-state index in [0.29, 0.717) is 0 Å². The number of nitrogens with zero attached hydrogens (tertiary/aromatic N) is 1. The van der Waals surface area contributed by atoms with Crippen LogP contribution in [0.5, 0.6) is 0 Å². The fourth-order valence-corrected chi connectivity index (χ4v) is 3.60. The van der Waals surface area contributed by atoms with Gasteiger partial charge in [-0.25, -0.2) is 4.99 Å². The molecular formula is C18H22N4. The van der Waals surface area contributed by atoms with Gasteiger partial charge >= 0.3 is 0 Å². The van der Waals surface area contributed by atoms with Crippen molar-refractivity contribution >= 4 is 17.2 Å². The average Bonchev–Trinajstić information content (AvgIpc) is 3.07. The zero-order valence-electron chi connectivity index (χ0n) is 12.7. The molecule has 0 radical (unpaired) electrons. The second-order valence-electron chi connectivity index (χ2n) is 6.32. The summed E-state index contributed by atoms with van der Waals surface area (Å²) in [5.41, 5.74) is 3.45. The molecule has 0 unspecified atom stereocenters. The smallest absolute Gasteiger partial charge is 0.128 e. The van der Waals surface area contributed by atoms with Gasteiger partial charge in [-0.1, -0.05) is 31.4 Å². The summed E-state index contributed by atoms with van der Waals surface area (Å²) in [4.78, 5) is 8.06. The highest BCUT2D eigenvalue weighted by Gasteiger charge is 2.40. The molecule has 0 saturated heterocycles. The fraction of sp³-hybridized carbons (Fsp3) is 0.389. The van der Waals surface area contributed by atoms with Crippen LogP contribution in [0, 0.1) is 0 Å². The van der Waals surface area contributed by atoms with Gasteiger partial charge in [-0.15, -0.1) is 0 Å². The zero-order valence-corrected chi connectivity index (χ0v) is 12.7. The molecule has 1 aliphatic heterocycles. The Kier molecular flexibility index (Phi) is 3.37. The summed E-state index contributed by atoms with van der Waals surface area (Å²) >= 11 is 0. The van der Waals surface area contributed by atoms with Crippen molar-refractivity contribution in [3.63, 3.8) is 0 Å². The Hall–Kier alpha value is -2.23. The maximum absolute atomic E-state index is 4.95. The fourth-order valence-electron chi connectivity index (χ4n) is 3.60. The standard InChI is InChI=1S/C18H22N4/c1-4-9-18(10-5-1)17(20-13-14-8-11-19-12-14)21-15-6-2-3-7-16(15)22-18/h2-3,6-8,11-12,19,22H,1,4-5,9-10,13H2,(H,20,21). The van der Waals surface area contributed by atoms with E-state index in [1.807, 2.05) is 18.5 Å². The molecule has 2 aromatic rings. The molecule has 2 heterocycles. The average molecular weight is 294 g/mol. The van der Waals surface area contributed by atoms with Crippen molar-refractivity contribution < 1.29 is 0 Å². The molecule has 114 valence electrons. The molecular weight excluding hydrogens is 272 g/mol. The zero-order chi connectivity index (χ0) is 14.8. The second-order valence-corrected chi connectivity index (χ2v) is 6.32. The molecule has 1 aromatic carbocycles. The van der Waals surface area contributed by atoms with E-state index >= 15 is 0 Å². The first kappa shape index (κ1) is 13.4. The predicted molar refractivity (Wildman–Crippen MR) is 90.6 cm³/mol. The van der Waals surface area contributed by atoms with Crippen LogP contribution in [0.2, 0.25) is 0 Å². The highest BCUT2D eigenvalue weighted by Crippen LogP contribution is 2.40. The van der Waals surface area contributed by atoms with Crippen LogP contribution in [-0.4, -0.2) is 16.4 Å². The molecule has 1 aromatic heterocycles. The third-order valence-corrected chi connectivity index (χ3v) is 4.79. The van der Waals surface area contributed by atoms with Crippen LogP contribution in [0.1, 0.15) is 37.7 Å². The van der Waals surface area contributed by atoms with Gasteiger partial charge in [0.25, 0.3) is 0 Å². The molecule has 0 amide bonds. The van der Waals surface area contributed by atoms with Crippen LogP contribution < -0.4 is 10.6 Å². The van der Waals surface area contributed by atoms with Gasteiger partial charge in [0.05, 0.1) is 16.9 Å². The molecule has 22 heavy (non-hydrogen) atoms. The Labute approximate surface area is 131 Å². The van der Waals surface area contributed by atoms with Crippen molar-refractivity contribution in [3.05, 3.63) is 48.3 Å². The number of hydrogen-bond donors (Lipinski definition) is 3. The number of aromatic amines is 1. The number of aromatic nitrogens is 1. The van der Waals surface area contributed by atoms with Crippen molar-refractivity contribution in [2.75, 3.05) is 5.32 Å². The first-order valence-corrected chi connectivity index (χ1v) is 8.18. The Morgan fingerprint density at radius 2 is 1.95 bits per heavy atom. The van der Waals surface area contributed by atoms with E-state index < -0.39 is 0 Å². The van der Waals surface area contributed by atoms with Crippen LogP contribution in [0.15, 0.2) is 47.7 Å². The first-order valence-electron chi connectivity index (χ1n) is 8.18. The Morgan fingerprint density at radius 3 is 2.77 bits per heavy atom. The number of aliphatic imine (C=N–C) groups is 1. The largest absolute Gasteiger partial charge is 0.371 e. The minimum absolute atomic E-state index is 0.0110. The van der Waals surface area contributed by atoms with Crippen LogP contribution in [0.3, 0.4) is 0 Å². The number of H-pyrrole nitrogens is 1. The number of rotatable bonds is 2. The van der Waals surface area contributed by atoms with Crippen molar-refractivity contribution in [1.82, 2.24) is 10.3 Å². The summed E-state index contributed by atoms with van der Waals surface area (Å²) in [6.07, 6.45) is 10.2. The monoisotopic (exact) mass is 294 g/mol. The predicted octanol–water partition coefficient (Wildman–Crippen LogP) is 3.96. The van der Waals surface area contributed by atoms with Gasteiger partial charge in [-0.2, -0.15) is 0 Å². The van der Waals surface area contributed by atoms with E-state index in [9.17, 15) is 0 Å². The van der Waals surface area contributed by atoms with Gasteiger partial charge in [-0.05, 0) is 36.6 Å². The maximum atomic E-state index is 4.95. The van der Waals surface area contributed by atoms with E-state index in [-0.39, 0.29) is 5.54 Å². The van der Waals surface area contributed by atoms with E-state index in [1.54, 1.807) is 0 Å². The normalized spacial score (nSPS) is 19.2. The van der Waals surface area contributed by atoms with E-state index in [4.69, 9.17) is 4.99 Å². The Morgan fingerprint density at radius 1 is 1.09 bits per heavy atom. The van der Waals surface area contributed by atoms with Crippen molar-refractivity contribution in [3.8, 4) is 0 Å². The molecule has 1 saturated carbocycles. The van der Waals surface area contributed by atoms with E-state index in [0.717, 1.165) is 36.6 Å². The molecule has 3 N–H and O–H groups in total. The molecule has 4 rings (SSSR count). The van der Waals surface area contributed by atoms with E-state index in [1.165, 1.54) is 24.8 Å². The summed E-state index contributed by atoms with van der Waals surface area (Å²) in [7, 11) is 0. The van der Waals surface area contributed by atoms with E-state index in [2.05, 4.69) is 39.9 Å². The molecule has 1 aliphatic carbocycles. The van der Waals surface area contributed by atoms with Crippen molar-refractivity contribution in [2.24, 2.45) is 4.99 Å². The van der Waals surface area contributed by atoms with Gasteiger partial charge in [0.2, 0.25) is 0 Å². The third-order valence-electron chi connectivity index (χ3n) is 4.79. The van der Waals surface area contributed by atoms with Gasteiger partial charge in [-0.3, -0.25) is 0 Å². The lowest BCUT2D eigenvalue weighted by atomic mass is 9.79. The Bertz CT molecular complexity index is 666. The minimum Gasteiger partial charge on any atom is -0.371 e. The van der Waals surface area contributed by atoms with Crippen LogP contribution >= 0.6 is 0 Å². The number of anilines is 1. The molecule has 2 aliphatic rings. The van der Waals surface area contributed by atoms with Gasteiger partial charge < -0.3 is 15.6 Å². The van der Waals surface area contributed by atoms with Crippen molar-refractivity contribution in [2.45, 2.75) is 44.2 Å². The van der Waals surface area contributed by atoms with Crippen molar-refractivity contribution in [1.29, 1.82) is 0 Å². The number of para-hydroxylation sites is 2. The lowest BCUT2D eigenvalue weighted by Crippen LogP contribution is -2.54. The second kappa shape index (κ2) is 5.52. The van der Waals surface area contributed by atoms with Gasteiger partial charge in [0, 0.05) is 18.9 Å². The summed E-state index contributed by atoms with van der Waals surface area (Å²) in [5, 5.41) is 7.38. The van der Waals surface area contributed by atoms with Gasteiger partial charge in [0.15, 0.2) is 0 Å². The molecule has 1 fully saturated rings. The highest BCUT2D eigenvalue weighted by molar-refractivity contribution is 6.00. The summed E-state index contributed by atoms with van der Waals surface area (Å²) in [5.74, 6) is 1.10. The summed E-state index contributed by atoms with van der Waals surface area (Å²) < 4.78 is 0. The molecule has 0 atom stereocenters. The minimum atomic E-state index is -0.0110. The molecule has 1 spiro atoms. The number of benzene rings is 1.